The van der Waals surface area contributed by atoms with Crippen LogP contribution in [0.1, 0.15) is 16.3 Å². The third-order valence-electron chi connectivity index (χ3n) is 2.49. The van der Waals surface area contributed by atoms with E-state index in [1.54, 1.807) is 0 Å². The summed E-state index contributed by atoms with van der Waals surface area (Å²) in [5.74, 6) is 0.307. The van der Waals surface area contributed by atoms with Crippen LogP contribution in [0.5, 0.6) is 0 Å². The van der Waals surface area contributed by atoms with Crippen molar-refractivity contribution < 1.29 is 4.79 Å². The second kappa shape index (κ2) is 6.50. The van der Waals surface area contributed by atoms with E-state index in [0.717, 1.165) is 26.4 Å². The van der Waals surface area contributed by atoms with Crippen LogP contribution < -0.4 is 5.32 Å². The number of carbonyl (C=O) groups is 1. The average molecular weight is 360 g/mol. The lowest BCUT2D eigenvalue weighted by Gasteiger charge is -2.06. The van der Waals surface area contributed by atoms with Crippen molar-refractivity contribution in [2.24, 2.45) is 0 Å². The maximum Gasteiger partial charge on any atom is 0.231 e. The van der Waals surface area contributed by atoms with Gasteiger partial charge in [-0.2, -0.15) is 0 Å². The Labute approximate surface area is 129 Å². The smallest absolute Gasteiger partial charge is 0.231 e. The highest BCUT2D eigenvalue weighted by Crippen LogP contribution is 2.20. The van der Waals surface area contributed by atoms with Crippen molar-refractivity contribution in [3.63, 3.8) is 0 Å². The molecular weight excluding hydrogens is 348 g/mol. The fourth-order valence-electron chi connectivity index (χ4n) is 1.56. The number of aromatic nitrogens is 1. The molecule has 3 nitrogen and oxygen atoms in total. The van der Waals surface area contributed by atoms with Gasteiger partial charge in [-0.05, 0) is 30.7 Å². The largest absolute Gasteiger partial charge is 0.326 e. The highest BCUT2D eigenvalue weighted by Gasteiger charge is 2.08. The number of nitrogens with one attached hydrogen (secondary N) is 1. The third kappa shape index (κ3) is 4.03. The molecule has 2 rings (SSSR count). The van der Waals surface area contributed by atoms with Crippen molar-refractivity contribution >= 4 is 50.5 Å². The molecule has 100 valence electrons. The van der Waals surface area contributed by atoms with Crippen LogP contribution in [-0.4, -0.2) is 10.9 Å². The molecule has 0 radical (unpaired) electrons. The topological polar surface area (TPSA) is 42.0 Å². The highest BCUT2D eigenvalue weighted by molar-refractivity contribution is 9.10. The van der Waals surface area contributed by atoms with Crippen molar-refractivity contribution in [3.8, 4) is 0 Å². The Hall–Kier alpha value is -0.910. The molecule has 1 N–H and O–H groups in total. The number of hydrogen-bond donors (Lipinski definition) is 1. The predicted molar refractivity (Wildman–Crippen MR) is 82.9 cm³/mol. The van der Waals surface area contributed by atoms with Crippen molar-refractivity contribution in [2.75, 3.05) is 5.32 Å². The fraction of sp³-hybridized carbons (Fsp3) is 0.231. The molecule has 6 heteroatoms. The molecule has 19 heavy (non-hydrogen) atoms. The SMILES string of the molecule is Cc1cc(NC(=O)Cc2nc(CCl)cs2)ccc1Br. The highest BCUT2D eigenvalue weighted by atomic mass is 79.9. The summed E-state index contributed by atoms with van der Waals surface area (Å²) in [7, 11) is 0. The first-order valence-electron chi connectivity index (χ1n) is 5.63. The Morgan fingerprint density at radius 2 is 2.32 bits per heavy atom. The second-order valence-corrected chi connectivity index (χ2v) is 6.12. The van der Waals surface area contributed by atoms with Crippen LogP contribution in [0.25, 0.3) is 0 Å². The van der Waals surface area contributed by atoms with Gasteiger partial charge in [0.05, 0.1) is 18.0 Å². The van der Waals surface area contributed by atoms with E-state index in [-0.39, 0.29) is 12.3 Å². The average Bonchev–Trinajstić information content (AvgIpc) is 2.81. The minimum absolute atomic E-state index is 0.0720. The zero-order chi connectivity index (χ0) is 13.8. The molecule has 0 spiro atoms. The fourth-order valence-corrected chi connectivity index (χ4v) is 2.82. The Bertz CT molecular complexity index is 600. The maximum absolute atomic E-state index is 11.9. The van der Waals surface area contributed by atoms with E-state index >= 15 is 0 Å². The molecule has 0 fully saturated rings. The van der Waals surface area contributed by atoms with Gasteiger partial charge in [-0.1, -0.05) is 15.9 Å². The minimum atomic E-state index is -0.0720. The number of amides is 1. The summed E-state index contributed by atoms with van der Waals surface area (Å²) in [4.78, 5) is 16.1. The Morgan fingerprint density at radius 3 is 2.95 bits per heavy atom. The van der Waals surface area contributed by atoms with Crippen LogP contribution in [-0.2, 0) is 17.1 Å². The molecule has 0 aliphatic rings. The van der Waals surface area contributed by atoms with Gasteiger partial charge < -0.3 is 5.32 Å². The van der Waals surface area contributed by atoms with Crippen LogP contribution in [0.3, 0.4) is 0 Å². The number of anilines is 1. The van der Waals surface area contributed by atoms with Crippen LogP contribution in [0.4, 0.5) is 5.69 Å². The molecule has 2 aromatic rings. The first-order valence-corrected chi connectivity index (χ1v) is 7.84. The van der Waals surface area contributed by atoms with E-state index in [9.17, 15) is 4.79 Å². The standard InChI is InChI=1S/C13H12BrClN2OS/c1-8-4-9(2-3-11(8)14)16-12(18)5-13-17-10(6-15)7-19-13/h2-4,7H,5-6H2,1H3,(H,16,18). The summed E-state index contributed by atoms with van der Waals surface area (Å²) in [5, 5.41) is 5.51. The molecule has 0 saturated heterocycles. The number of nitrogens with zero attached hydrogens (tertiary/aromatic N) is 1. The van der Waals surface area contributed by atoms with Gasteiger partial charge >= 0.3 is 0 Å². The second-order valence-electron chi connectivity index (χ2n) is 4.06. The van der Waals surface area contributed by atoms with Crippen LogP contribution in [0.2, 0.25) is 0 Å². The van der Waals surface area contributed by atoms with E-state index in [1.807, 2.05) is 30.5 Å². The van der Waals surface area contributed by atoms with Crippen molar-refractivity contribution in [2.45, 2.75) is 19.2 Å². The Morgan fingerprint density at radius 1 is 1.53 bits per heavy atom. The third-order valence-corrected chi connectivity index (χ3v) is 4.55. The maximum atomic E-state index is 11.9. The molecule has 1 aromatic heterocycles. The Balaban J connectivity index is 1.98. The molecule has 1 heterocycles. The van der Waals surface area contributed by atoms with Crippen LogP contribution in [0.15, 0.2) is 28.1 Å². The van der Waals surface area contributed by atoms with Crippen molar-refractivity contribution in [1.29, 1.82) is 0 Å². The zero-order valence-corrected chi connectivity index (χ0v) is 13.4. The predicted octanol–water partition coefficient (Wildman–Crippen LogP) is 4.13. The normalized spacial score (nSPS) is 10.5. The van der Waals surface area contributed by atoms with Gasteiger partial charge in [0.2, 0.25) is 5.91 Å². The number of alkyl halides is 1. The quantitative estimate of drug-likeness (QED) is 0.834. The molecule has 0 aliphatic heterocycles. The van der Waals surface area contributed by atoms with Crippen molar-refractivity contribution in [1.82, 2.24) is 4.98 Å². The van der Waals surface area contributed by atoms with Gasteiger partial charge in [0.25, 0.3) is 0 Å². The molecule has 0 unspecified atom stereocenters. The summed E-state index contributed by atoms with van der Waals surface area (Å²) in [6, 6.07) is 5.70. The van der Waals surface area contributed by atoms with Gasteiger partial charge in [0.15, 0.2) is 0 Å². The number of rotatable bonds is 4. The summed E-state index contributed by atoms with van der Waals surface area (Å²) >= 11 is 10.6. The number of halogens is 2. The molecule has 0 saturated carbocycles. The lowest BCUT2D eigenvalue weighted by atomic mass is 10.2. The van der Waals surface area contributed by atoms with Gasteiger partial charge in [0, 0.05) is 15.5 Å². The first kappa shape index (κ1) is 14.5. The lowest BCUT2D eigenvalue weighted by molar-refractivity contribution is -0.115. The van der Waals surface area contributed by atoms with E-state index in [4.69, 9.17) is 11.6 Å². The number of aryl methyl sites for hydroxylation is 1. The lowest BCUT2D eigenvalue weighted by Crippen LogP contribution is -2.14. The van der Waals surface area contributed by atoms with E-state index < -0.39 is 0 Å². The zero-order valence-electron chi connectivity index (χ0n) is 10.2. The molecular formula is C13H12BrClN2OS. The molecule has 1 aromatic carbocycles. The number of carbonyl (C=O) groups excluding carboxylic acids is 1. The van der Waals surface area contributed by atoms with Crippen LogP contribution >= 0.6 is 38.9 Å². The summed E-state index contributed by atoms with van der Waals surface area (Å²) in [5.41, 5.74) is 2.69. The van der Waals surface area contributed by atoms with Gasteiger partial charge in [0.1, 0.15) is 5.01 Å². The summed E-state index contributed by atoms with van der Waals surface area (Å²) < 4.78 is 1.03. The van der Waals surface area contributed by atoms with Gasteiger partial charge in [-0.3, -0.25) is 4.79 Å². The molecule has 0 aliphatic carbocycles. The number of benzene rings is 1. The van der Waals surface area contributed by atoms with Crippen LogP contribution in [0, 0.1) is 6.92 Å². The summed E-state index contributed by atoms with van der Waals surface area (Å²) in [6.07, 6.45) is 0.274. The van der Waals surface area contributed by atoms with E-state index in [0.29, 0.717) is 5.88 Å². The number of hydrogen-bond acceptors (Lipinski definition) is 3. The van der Waals surface area contributed by atoms with Gasteiger partial charge in [-0.25, -0.2) is 4.98 Å². The summed E-state index contributed by atoms with van der Waals surface area (Å²) in [6.45, 7) is 1.98. The molecule has 0 bridgehead atoms. The Kier molecular flexibility index (Phi) is 4.96. The monoisotopic (exact) mass is 358 g/mol. The van der Waals surface area contributed by atoms with E-state index in [1.165, 1.54) is 11.3 Å². The molecule has 0 atom stereocenters. The van der Waals surface area contributed by atoms with Gasteiger partial charge in [-0.15, -0.1) is 22.9 Å². The molecule has 1 amide bonds. The van der Waals surface area contributed by atoms with E-state index in [2.05, 4.69) is 26.2 Å². The number of thiazole rings is 1. The first-order chi connectivity index (χ1) is 9.08. The van der Waals surface area contributed by atoms with Crippen molar-refractivity contribution in [3.05, 3.63) is 44.3 Å². The minimum Gasteiger partial charge on any atom is -0.326 e.